The van der Waals surface area contributed by atoms with E-state index in [1.165, 1.54) is 6.20 Å². The number of carbonyl (C=O) groups excluding carboxylic acids is 1. The number of benzene rings is 1. The molecule has 0 aliphatic carbocycles. The summed E-state index contributed by atoms with van der Waals surface area (Å²) in [6.45, 7) is 2.47. The SMILES string of the molecule is Cc1[nH]ncc1C(=O)N1CCOc2ccccc2C1CO. The summed E-state index contributed by atoms with van der Waals surface area (Å²) in [5.74, 6) is 0.566. The average molecular weight is 287 g/mol. The molecule has 2 heterocycles. The van der Waals surface area contributed by atoms with Crippen LogP contribution in [0.4, 0.5) is 0 Å². The molecule has 1 aromatic carbocycles. The Balaban J connectivity index is 1.99. The van der Waals surface area contributed by atoms with Crippen molar-refractivity contribution >= 4 is 5.91 Å². The standard InChI is InChI=1S/C15H17N3O3/c1-10-12(8-16-17-10)15(20)18-6-7-21-14-5-3-2-4-11(14)13(18)9-19/h2-5,8,13,19H,6-7,9H2,1H3,(H,16,17). The van der Waals surface area contributed by atoms with Gasteiger partial charge in [0.1, 0.15) is 12.4 Å². The van der Waals surface area contributed by atoms with Crippen molar-refractivity contribution < 1.29 is 14.6 Å². The van der Waals surface area contributed by atoms with E-state index < -0.39 is 6.04 Å². The van der Waals surface area contributed by atoms with Gasteiger partial charge in [-0.3, -0.25) is 9.89 Å². The zero-order valence-corrected chi connectivity index (χ0v) is 11.7. The van der Waals surface area contributed by atoms with Crippen molar-refractivity contribution in [2.24, 2.45) is 0 Å². The molecule has 1 aliphatic rings. The molecular weight excluding hydrogens is 270 g/mol. The predicted molar refractivity (Wildman–Crippen MR) is 76.1 cm³/mol. The van der Waals surface area contributed by atoms with E-state index in [2.05, 4.69) is 10.2 Å². The number of carbonyl (C=O) groups is 1. The number of H-pyrrole nitrogens is 1. The topological polar surface area (TPSA) is 78.5 Å². The van der Waals surface area contributed by atoms with Gasteiger partial charge in [-0.15, -0.1) is 0 Å². The van der Waals surface area contributed by atoms with Crippen LogP contribution in [0.5, 0.6) is 5.75 Å². The van der Waals surface area contributed by atoms with Crippen LogP contribution in [0.25, 0.3) is 0 Å². The highest BCUT2D eigenvalue weighted by molar-refractivity contribution is 5.95. The predicted octanol–water partition coefficient (Wildman–Crippen LogP) is 1.29. The summed E-state index contributed by atoms with van der Waals surface area (Å²) in [6, 6.07) is 7.08. The summed E-state index contributed by atoms with van der Waals surface area (Å²) in [5.41, 5.74) is 2.06. The highest BCUT2D eigenvalue weighted by Gasteiger charge is 2.31. The number of aromatic amines is 1. The first-order valence-corrected chi connectivity index (χ1v) is 6.86. The number of amides is 1. The zero-order valence-electron chi connectivity index (χ0n) is 11.7. The van der Waals surface area contributed by atoms with Crippen molar-refractivity contribution in [1.82, 2.24) is 15.1 Å². The minimum atomic E-state index is -0.412. The quantitative estimate of drug-likeness (QED) is 0.872. The smallest absolute Gasteiger partial charge is 0.258 e. The lowest BCUT2D eigenvalue weighted by atomic mass is 10.0. The second-order valence-electron chi connectivity index (χ2n) is 4.99. The Hall–Kier alpha value is -2.34. The number of hydrogen-bond donors (Lipinski definition) is 2. The molecule has 3 rings (SSSR count). The van der Waals surface area contributed by atoms with Gasteiger partial charge in [0.2, 0.25) is 0 Å². The van der Waals surface area contributed by atoms with Crippen molar-refractivity contribution in [2.45, 2.75) is 13.0 Å². The van der Waals surface area contributed by atoms with Crippen LogP contribution in [0.1, 0.15) is 27.7 Å². The van der Waals surface area contributed by atoms with Crippen molar-refractivity contribution in [3.63, 3.8) is 0 Å². The summed E-state index contributed by atoms with van der Waals surface area (Å²) in [5, 5.41) is 16.4. The minimum absolute atomic E-state index is 0.150. The molecule has 21 heavy (non-hydrogen) atoms. The monoisotopic (exact) mass is 287 g/mol. The van der Waals surface area contributed by atoms with E-state index in [4.69, 9.17) is 4.74 Å². The number of aliphatic hydroxyl groups is 1. The fourth-order valence-corrected chi connectivity index (χ4v) is 2.63. The number of aromatic nitrogens is 2. The summed E-state index contributed by atoms with van der Waals surface area (Å²) in [4.78, 5) is 14.4. The number of aryl methyl sites for hydroxylation is 1. The van der Waals surface area contributed by atoms with Gasteiger partial charge in [0, 0.05) is 11.3 Å². The Morgan fingerprint density at radius 2 is 2.33 bits per heavy atom. The molecule has 1 unspecified atom stereocenters. The van der Waals surface area contributed by atoms with Gasteiger partial charge in [0.25, 0.3) is 5.91 Å². The maximum Gasteiger partial charge on any atom is 0.258 e. The fourth-order valence-electron chi connectivity index (χ4n) is 2.63. The normalized spacial score (nSPS) is 17.8. The fraction of sp³-hybridized carbons (Fsp3) is 0.333. The third-order valence-electron chi connectivity index (χ3n) is 3.74. The van der Waals surface area contributed by atoms with Gasteiger partial charge >= 0.3 is 0 Å². The molecule has 2 aromatic rings. The number of ether oxygens (including phenoxy) is 1. The number of nitrogens with zero attached hydrogens (tertiary/aromatic N) is 2. The molecule has 1 aromatic heterocycles. The van der Waals surface area contributed by atoms with Crippen molar-refractivity contribution in [3.05, 3.63) is 47.3 Å². The minimum Gasteiger partial charge on any atom is -0.491 e. The summed E-state index contributed by atoms with van der Waals surface area (Å²) in [6.07, 6.45) is 1.52. The Morgan fingerprint density at radius 1 is 1.52 bits per heavy atom. The first-order valence-electron chi connectivity index (χ1n) is 6.86. The molecule has 0 spiro atoms. The van der Waals surface area contributed by atoms with Gasteiger partial charge in [-0.05, 0) is 13.0 Å². The Labute approximate surface area is 122 Å². The average Bonchev–Trinajstić information content (AvgIpc) is 2.83. The van der Waals surface area contributed by atoms with Crippen LogP contribution < -0.4 is 4.74 Å². The lowest BCUT2D eigenvalue weighted by Crippen LogP contribution is -2.38. The van der Waals surface area contributed by atoms with Crippen molar-refractivity contribution in [2.75, 3.05) is 19.8 Å². The summed E-state index contributed by atoms with van der Waals surface area (Å²) >= 11 is 0. The second kappa shape index (κ2) is 5.57. The molecule has 1 amide bonds. The number of nitrogens with one attached hydrogen (secondary N) is 1. The molecule has 110 valence electrons. The van der Waals surface area contributed by atoms with Crippen LogP contribution in [0.15, 0.2) is 30.5 Å². The van der Waals surface area contributed by atoms with Crippen LogP contribution in [-0.4, -0.2) is 45.9 Å². The second-order valence-corrected chi connectivity index (χ2v) is 4.99. The van der Waals surface area contributed by atoms with Crippen LogP contribution in [-0.2, 0) is 0 Å². The molecule has 0 radical (unpaired) electrons. The van der Waals surface area contributed by atoms with Crippen LogP contribution in [0, 0.1) is 6.92 Å². The van der Waals surface area contributed by atoms with Crippen LogP contribution >= 0.6 is 0 Å². The van der Waals surface area contributed by atoms with Crippen molar-refractivity contribution in [3.8, 4) is 5.75 Å². The molecule has 1 aliphatic heterocycles. The first-order chi connectivity index (χ1) is 10.2. The van der Waals surface area contributed by atoms with Gasteiger partial charge in [0.05, 0.1) is 31.0 Å². The number of para-hydroxylation sites is 1. The van der Waals surface area contributed by atoms with E-state index in [0.29, 0.717) is 18.7 Å². The van der Waals surface area contributed by atoms with E-state index in [1.807, 2.05) is 24.3 Å². The van der Waals surface area contributed by atoms with E-state index in [0.717, 1.165) is 17.0 Å². The van der Waals surface area contributed by atoms with Crippen molar-refractivity contribution in [1.29, 1.82) is 0 Å². The summed E-state index contributed by atoms with van der Waals surface area (Å²) < 4.78 is 5.68. The Morgan fingerprint density at radius 3 is 3.05 bits per heavy atom. The van der Waals surface area contributed by atoms with Crippen LogP contribution in [0.3, 0.4) is 0 Å². The third kappa shape index (κ3) is 2.38. The highest BCUT2D eigenvalue weighted by atomic mass is 16.5. The number of hydrogen-bond acceptors (Lipinski definition) is 4. The lowest BCUT2D eigenvalue weighted by molar-refractivity contribution is 0.0584. The Kier molecular flexibility index (Phi) is 3.62. The number of aliphatic hydroxyl groups excluding tert-OH is 1. The zero-order chi connectivity index (χ0) is 14.8. The molecule has 0 saturated carbocycles. The maximum absolute atomic E-state index is 12.7. The van der Waals surface area contributed by atoms with E-state index in [-0.39, 0.29) is 12.5 Å². The largest absolute Gasteiger partial charge is 0.491 e. The molecule has 2 N–H and O–H groups in total. The molecule has 0 saturated heterocycles. The number of fused-ring (bicyclic) bond motifs is 1. The maximum atomic E-state index is 12.7. The van der Waals surface area contributed by atoms with Crippen LogP contribution in [0.2, 0.25) is 0 Å². The number of rotatable bonds is 2. The molecular formula is C15H17N3O3. The highest BCUT2D eigenvalue weighted by Crippen LogP contribution is 2.32. The van der Waals surface area contributed by atoms with E-state index >= 15 is 0 Å². The van der Waals surface area contributed by atoms with Gasteiger partial charge in [-0.2, -0.15) is 5.10 Å². The van der Waals surface area contributed by atoms with Gasteiger partial charge in [-0.1, -0.05) is 18.2 Å². The van der Waals surface area contributed by atoms with E-state index in [1.54, 1.807) is 11.8 Å². The molecule has 0 bridgehead atoms. The van der Waals surface area contributed by atoms with Gasteiger partial charge in [0.15, 0.2) is 0 Å². The van der Waals surface area contributed by atoms with Gasteiger partial charge in [-0.25, -0.2) is 0 Å². The third-order valence-corrected chi connectivity index (χ3v) is 3.74. The first kappa shape index (κ1) is 13.6. The molecule has 6 heteroatoms. The lowest BCUT2D eigenvalue weighted by Gasteiger charge is -2.28. The van der Waals surface area contributed by atoms with Gasteiger partial charge < -0.3 is 14.7 Å². The molecule has 6 nitrogen and oxygen atoms in total. The Bertz CT molecular complexity index is 653. The van der Waals surface area contributed by atoms with E-state index in [9.17, 15) is 9.90 Å². The summed E-state index contributed by atoms with van der Waals surface area (Å²) in [7, 11) is 0. The molecule has 1 atom stereocenters. The molecule has 0 fully saturated rings.